The van der Waals surface area contributed by atoms with Crippen LogP contribution in [0.1, 0.15) is 5.56 Å². The minimum Gasteiger partial charge on any atom is -0.226 e. The van der Waals surface area contributed by atoms with E-state index in [4.69, 9.17) is 28.9 Å². The molecular formula is C16H6N6. The van der Waals surface area contributed by atoms with Gasteiger partial charge in [0.2, 0.25) is 0 Å². The zero-order valence-corrected chi connectivity index (χ0v) is 11.3. The molecule has 0 aliphatic heterocycles. The van der Waals surface area contributed by atoms with Gasteiger partial charge in [-0.15, -0.1) is 0 Å². The van der Waals surface area contributed by atoms with Gasteiger partial charge in [0.1, 0.15) is 0 Å². The van der Waals surface area contributed by atoms with E-state index in [1.54, 1.807) is 12.1 Å². The molecule has 0 fully saturated rings. The third kappa shape index (κ3) is 3.05. The van der Waals surface area contributed by atoms with Crippen molar-refractivity contribution in [2.75, 3.05) is 0 Å². The van der Waals surface area contributed by atoms with Gasteiger partial charge in [0.05, 0.1) is 43.5 Å². The average Bonchev–Trinajstić information content (AvgIpc) is 2.53. The molecule has 6 heteroatoms. The number of nitrogens with zero attached hydrogens (tertiary/aromatic N) is 6. The van der Waals surface area contributed by atoms with E-state index in [-0.39, 0.29) is 33.9 Å². The molecule has 0 aliphatic carbocycles. The molecule has 100 valence electrons. The van der Waals surface area contributed by atoms with Crippen LogP contribution >= 0.6 is 0 Å². The fourth-order valence-corrected chi connectivity index (χ4v) is 1.74. The van der Waals surface area contributed by atoms with Crippen LogP contribution in [0.3, 0.4) is 0 Å². The van der Waals surface area contributed by atoms with Gasteiger partial charge >= 0.3 is 0 Å². The van der Waals surface area contributed by atoms with E-state index in [2.05, 4.69) is 27.1 Å². The molecule has 0 aromatic heterocycles. The van der Waals surface area contributed by atoms with Crippen LogP contribution in [0, 0.1) is 47.1 Å². The number of nitriles is 3. The van der Waals surface area contributed by atoms with Gasteiger partial charge in [-0.2, -0.15) is 5.26 Å². The van der Waals surface area contributed by atoms with E-state index in [0.29, 0.717) is 5.56 Å². The molecule has 0 N–H and O–H groups in total. The van der Waals surface area contributed by atoms with Crippen LogP contribution in [0.15, 0.2) is 23.7 Å². The van der Waals surface area contributed by atoms with Gasteiger partial charge in [0.25, 0.3) is 11.4 Å². The second kappa shape index (κ2) is 7.45. The van der Waals surface area contributed by atoms with Crippen LogP contribution < -0.4 is 10.4 Å². The van der Waals surface area contributed by atoms with Gasteiger partial charge in [0, 0.05) is 5.22 Å². The first-order valence-corrected chi connectivity index (χ1v) is 5.73. The molecule has 6 nitrogen and oxygen atoms in total. The van der Waals surface area contributed by atoms with Crippen LogP contribution in [0.25, 0.3) is 21.1 Å². The zero-order chi connectivity index (χ0) is 16.5. The highest BCUT2D eigenvalue weighted by Gasteiger charge is 2.08. The molecule has 0 heterocycles. The maximum Gasteiger partial charge on any atom is 0.271 e. The Kier molecular flexibility index (Phi) is 5.39. The van der Waals surface area contributed by atoms with Crippen LogP contribution in [0.4, 0.5) is 5.69 Å². The molecule has 0 saturated heterocycles. The Hall–Kier alpha value is -4.14. The maximum absolute atomic E-state index is 9.02. The second-order valence-corrected chi connectivity index (χ2v) is 3.78. The Morgan fingerprint density at radius 2 is 1.68 bits per heavy atom. The minimum absolute atomic E-state index is 0.0716. The van der Waals surface area contributed by atoms with Crippen molar-refractivity contribution in [3.63, 3.8) is 0 Å². The van der Waals surface area contributed by atoms with E-state index < -0.39 is 0 Å². The predicted molar refractivity (Wildman–Crippen MR) is 79.0 cm³/mol. The summed E-state index contributed by atoms with van der Waals surface area (Å²) in [4.78, 5) is 10.1. The SMILES string of the molecule is [C-]#[N+]/C(C#N)=c1/cc(CC#N)/c(=C(\C#N)[N+]#[C-])cc1N=C=C. The lowest BCUT2D eigenvalue weighted by molar-refractivity contribution is 1.22. The van der Waals surface area contributed by atoms with E-state index >= 15 is 0 Å². The summed E-state index contributed by atoms with van der Waals surface area (Å²) in [6.45, 7) is 17.4. The van der Waals surface area contributed by atoms with Crippen LogP contribution in [0.2, 0.25) is 0 Å². The van der Waals surface area contributed by atoms with Crippen molar-refractivity contribution in [1.29, 1.82) is 15.8 Å². The third-order valence-corrected chi connectivity index (χ3v) is 2.64. The molecule has 0 radical (unpaired) electrons. The van der Waals surface area contributed by atoms with E-state index in [0.717, 1.165) is 0 Å². The summed E-state index contributed by atoms with van der Waals surface area (Å²) >= 11 is 0. The summed E-state index contributed by atoms with van der Waals surface area (Å²) in [7, 11) is 0. The van der Waals surface area contributed by atoms with Gasteiger partial charge in [-0.3, -0.25) is 0 Å². The van der Waals surface area contributed by atoms with Gasteiger partial charge in [-0.1, -0.05) is 6.07 Å². The summed E-state index contributed by atoms with van der Waals surface area (Å²) in [5.74, 6) is 2.30. The fourth-order valence-electron chi connectivity index (χ4n) is 1.74. The Bertz CT molecular complexity index is 972. The molecule has 0 amide bonds. The average molecular weight is 282 g/mol. The van der Waals surface area contributed by atoms with E-state index in [1.807, 2.05) is 6.07 Å². The lowest BCUT2D eigenvalue weighted by Gasteiger charge is -2.02. The van der Waals surface area contributed by atoms with Crippen molar-refractivity contribution < 1.29 is 0 Å². The fraction of sp³-hybridized carbons (Fsp3) is 0.0625. The first kappa shape index (κ1) is 15.9. The number of hydrogen-bond acceptors (Lipinski definition) is 4. The molecule has 0 bridgehead atoms. The highest BCUT2D eigenvalue weighted by Crippen LogP contribution is 2.08. The van der Waals surface area contributed by atoms with Crippen molar-refractivity contribution in [2.45, 2.75) is 6.42 Å². The van der Waals surface area contributed by atoms with Gasteiger partial charge in [-0.25, -0.2) is 25.2 Å². The Labute approximate surface area is 126 Å². The summed E-state index contributed by atoms with van der Waals surface area (Å²) in [6, 6.07) is 8.25. The van der Waals surface area contributed by atoms with Crippen LogP contribution in [-0.4, -0.2) is 5.87 Å². The van der Waals surface area contributed by atoms with Crippen LogP contribution in [-0.2, 0) is 6.42 Å². The number of benzene rings is 1. The Balaban J connectivity index is 4.21. The molecule has 1 rings (SSSR count). The van der Waals surface area contributed by atoms with Crippen molar-refractivity contribution in [3.8, 4) is 18.2 Å². The molecule has 1 aromatic rings. The number of hydrogen-bond donors (Lipinski definition) is 0. The quantitative estimate of drug-likeness (QED) is 0.605. The van der Waals surface area contributed by atoms with Crippen molar-refractivity contribution in [2.24, 2.45) is 4.99 Å². The summed E-state index contributed by atoms with van der Waals surface area (Å²) < 4.78 is 0. The molecule has 0 unspecified atom stereocenters. The van der Waals surface area contributed by atoms with Crippen LogP contribution in [0.5, 0.6) is 0 Å². The lowest BCUT2D eigenvalue weighted by atomic mass is 10.0. The molecule has 0 spiro atoms. The van der Waals surface area contributed by atoms with Gasteiger partial charge in [-0.05, 0) is 29.3 Å². The van der Waals surface area contributed by atoms with E-state index in [1.165, 1.54) is 12.1 Å². The first-order valence-electron chi connectivity index (χ1n) is 5.73. The van der Waals surface area contributed by atoms with Crippen molar-refractivity contribution in [1.82, 2.24) is 0 Å². The van der Waals surface area contributed by atoms with Gasteiger partial charge < -0.3 is 0 Å². The normalized spacial score (nSPS) is 11.2. The van der Waals surface area contributed by atoms with Crippen molar-refractivity contribution >= 4 is 23.0 Å². The molecule has 1 aromatic carbocycles. The second-order valence-electron chi connectivity index (χ2n) is 3.78. The summed E-state index contributed by atoms with van der Waals surface area (Å²) in [5, 5.41) is 27.4. The molecule has 0 aliphatic rings. The Morgan fingerprint density at radius 3 is 2.14 bits per heavy atom. The number of rotatable bonds is 2. The highest BCUT2D eigenvalue weighted by molar-refractivity contribution is 5.73. The minimum atomic E-state index is -0.207. The van der Waals surface area contributed by atoms with E-state index in [9.17, 15) is 0 Å². The Morgan fingerprint density at radius 1 is 1.09 bits per heavy atom. The molecular weight excluding hydrogens is 276 g/mol. The summed E-state index contributed by atoms with van der Waals surface area (Å²) in [6.07, 6.45) is -0.0716. The highest BCUT2D eigenvalue weighted by atomic mass is 14.7. The topological polar surface area (TPSA) is 92.4 Å². The summed E-state index contributed by atoms with van der Waals surface area (Å²) in [5.41, 5.74) is 0.166. The molecule has 0 atom stereocenters. The van der Waals surface area contributed by atoms with Crippen molar-refractivity contribution in [3.05, 3.63) is 57.5 Å². The standard InChI is InChI=1S/C16H6N6/c1-4-22-14-8-12(15(9-18)20-2)11(5-6-17)7-13(14)16(10-19)21-3/h7-8H,1,5H2/b15-12+,16-13-. The monoisotopic (exact) mass is 282 g/mol. The maximum atomic E-state index is 9.02. The lowest BCUT2D eigenvalue weighted by Crippen LogP contribution is -2.18. The zero-order valence-electron chi connectivity index (χ0n) is 11.3. The third-order valence-electron chi connectivity index (χ3n) is 2.64. The van der Waals surface area contributed by atoms with Gasteiger partial charge in [0.15, 0.2) is 0 Å². The molecule has 0 saturated carbocycles. The largest absolute Gasteiger partial charge is 0.271 e. The number of aliphatic imine (C=N–C) groups is 1. The molecule has 22 heavy (non-hydrogen) atoms. The first-order chi connectivity index (χ1) is 10.7. The predicted octanol–water partition coefficient (Wildman–Crippen LogP) is 1.34. The smallest absolute Gasteiger partial charge is 0.226 e.